The van der Waals surface area contributed by atoms with Crippen molar-refractivity contribution in [1.82, 2.24) is 0 Å². The van der Waals surface area contributed by atoms with Crippen molar-refractivity contribution in [3.8, 4) is 5.75 Å². The fourth-order valence-electron chi connectivity index (χ4n) is 2.48. The third-order valence-electron chi connectivity index (χ3n) is 3.39. The number of halogens is 2. The summed E-state index contributed by atoms with van der Waals surface area (Å²) in [6, 6.07) is 12.3. The summed E-state index contributed by atoms with van der Waals surface area (Å²) in [7, 11) is 0. The fourth-order valence-corrected chi connectivity index (χ4v) is 3.05. The molecule has 0 bridgehead atoms. The highest BCUT2D eigenvalue weighted by Crippen LogP contribution is 2.44. The van der Waals surface area contributed by atoms with E-state index in [9.17, 15) is 4.79 Å². The lowest BCUT2D eigenvalue weighted by Gasteiger charge is -2.37. The zero-order valence-corrected chi connectivity index (χ0v) is 14.1. The second kappa shape index (κ2) is 6.40. The van der Waals surface area contributed by atoms with Gasteiger partial charge in [0.05, 0.1) is 21.8 Å². The molecular formula is C17H15Cl2NO3. The first-order chi connectivity index (χ1) is 11.0. The van der Waals surface area contributed by atoms with Crippen molar-refractivity contribution in [2.75, 3.05) is 4.90 Å². The van der Waals surface area contributed by atoms with Gasteiger partial charge < -0.3 is 9.47 Å². The van der Waals surface area contributed by atoms with Crippen LogP contribution in [0, 0.1) is 0 Å². The van der Waals surface area contributed by atoms with Gasteiger partial charge in [-0.15, -0.1) is 0 Å². The van der Waals surface area contributed by atoms with E-state index >= 15 is 0 Å². The Morgan fingerprint density at radius 3 is 2.39 bits per heavy atom. The Balaban J connectivity index is 2.16. The SMILES string of the molecule is CC(C)OC1c2ccccc2OC(=O)N1c1c(Cl)cccc1Cl. The minimum Gasteiger partial charge on any atom is -0.409 e. The molecule has 1 unspecified atom stereocenters. The molecule has 3 rings (SSSR count). The number of fused-ring (bicyclic) bond motifs is 1. The minimum absolute atomic E-state index is 0.109. The molecule has 1 aliphatic heterocycles. The number of rotatable bonds is 3. The molecule has 1 aliphatic rings. The van der Waals surface area contributed by atoms with Crippen LogP contribution in [0.2, 0.25) is 10.0 Å². The lowest BCUT2D eigenvalue weighted by molar-refractivity contribution is 0.000803. The Bertz CT molecular complexity index is 728. The molecule has 1 heterocycles. The molecule has 4 nitrogen and oxygen atoms in total. The number of nitrogens with zero attached hydrogens (tertiary/aromatic N) is 1. The summed E-state index contributed by atoms with van der Waals surface area (Å²) in [4.78, 5) is 13.9. The summed E-state index contributed by atoms with van der Waals surface area (Å²) in [5.41, 5.74) is 1.12. The van der Waals surface area contributed by atoms with Crippen LogP contribution in [0.15, 0.2) is 42.5 Å². The van der Waals surface area contributed by atoms with Crippen LogP contribution in [0.3, 0.4) is 0 Å². The molecule has 2 aromatic rings. The first kappa shape index (κ1) is 16.1. The molecule has 0 spiro atoms. The maximum atomic E-state index is 12.6. The predicted octanol–water partition coefficient (Wildman–Crippen LogP) is 5.44. The quantitative estimate of drug-likeness (QED) is 0.739. The van der Waals surface area contributed by atoms with Gasteiger partial charge in [0.1, 0.15) is 5.75 Å². The molecule has 0 aromatic heterocycles. The first-order valence-electron chi connectivity index (χ1n) is 7.18. The molecule has 120 valence electrons. The minimum atomic E-state index is -0.662. The highest BCUT2D eigenvalue weighted by molar-refractivity contribution is 6.39. The summed E-state index contributed by atoms with van der Waals surface area (Å²) in [6.45, 7) is 3.80. The van der Waals surface area contributed by atoms with Crippen molar-refractivity contribution in [1.29, 1.82) is 0 Å². The number of carbonyl (C=O) groups excluding carboxylic acids is 1. The number of carbonyl (C=O) groups is 1. The molecule has 0 aliphatic carbocycles. The first-order valence-corrected chi connectivity index (χ1v) is 7.94. The second-order valence-electron chi connectivity index (χ2n) is 5.38. The Morgan fingerprint density at radius 2 is 1.74 bits per heavy atom. The molecule has 23 heavy (non-hydrogen) atoms. The van der Waals surface area contributed by atoms with Crippen molar-refractivity contribution in [3.63, 3.8) is 0 Å². The standard InChI is InChI=1S/C17H15Cl2NO3/c1-10(2)22-16-11-6-3-4-9-14(11)23-17(21)20(16)15-12(18)7-5-8-13(15)19/h3-10,16H,1-2H3. The number of amides is 1. The third kappa shape index (κ3) is 3.02. The molecule has 0 saturated heterocycles. The van der Waals surface area contributed by atoms with E-state index in [-0.39, 0.29) is 6.10 Å². The maximum Gasteiger partial charge on any atom is 0.422 e. The van der Waals surface area contributed by atoms with E-state index in [0.29, 0.717) is 21.5 Å². The van der Waals surface area contributed by atoms with Crippen molar-refractivity contribution in [2.45, 2.75) is 26.2 Å². The van der Waals surface area contributed by atoms with Gasteiger partial charge in [0.2, 0.25) is 0 Å². The van der Waals surface area contributed by atoms with Gasteiger partial charge in [0.25, 0.3) is 0 Å². The Kier molecular flexibility index (Phi) is 4.48. The molecule has 2 aromatic carbocycles. The molecule has 1 atom stereocenters. The maximum absolute atomic E-state index is 12.6. The van der Waals surface area contributed by atoms with Gasteiger partial charge in [0, 0.05) is 5.56 Å². The Labute approximate surface area is 144 Å². The highest BCUT2D eigenvalue weighted by atomic mass is 35.5. The summed E-state index contributed by atoms with van der Waals surface area (Å²) < 4.78 is 11.4. The van der Waals surface area contributed by atoms with E-state index < -0.39 is 12.3 Å². The van der Waals surface area contributed by atoms with Crippen LogP contribution < -0.4 is 9.64 Å². The van der Waals surface area contributed by atoms with E-state index in [2.05, 4.69) is 0 Å². The number of anilines is 1. The van der Waals surface area contributed by atoms with Crippen LogP contribution in [0.25, 0.3) is 0 Å². The van der Waals surface area contributed by atoms with Crippen molar-refractivity contribution < 1.29 is 14.3 Å². The second-order valence-corrected chi connectivity index (χ2v) is 6.20. The van der Waals surface area contributed by atoms with Gasteiger partial charge in [-0.25, -0.2) is 9.69 Å². The largest absolute Gasteiger partial charge is 0.422 e. The van der Waals surface area contributed by atoms with Crippen molar-refractivity contribution in [2.24, 2.45) is 0 Å². The average molecular weight is 352 g/mol. The Morgan fingerprint density at radius 1 is 1.09 bits per heavy atom. The monoisotopic (exact) mass is 351 g/mol. The number of hydrogen-bond acceptors (Lipinski definition) is 3. The van der Waals surface area contributed by atoms with E-state index in [1.54, 1.807) is 30.3 Å². The molecule has 6 heteroatoms. The number of ether oxygens (including phenoxy) is 2. The van der Waals surface area contributed by atoms with Gasteiger partial charge in [-0.2, -0.15) is 0 Å². The summed E-state index contributed by atoms with van der Waals surface area (Å²) in [5.74, 6) is 0.475. The van der Waals surface area contributed by atoms with E-state index in [1.807, 2.05) is 26.0 Å². The lowest BCUT2D eigenvalue weighted by atomic mass is 10.1. The van der Waals surface area contributed by atoms with Crippen LogP contribution >= 0.6 is 23.2 Å². The summed E-state index contributed by atoms with van der Waals surface area (Å²) in [6.07, 6.45) is -1.35. The highest BCUT2D eigenvalue weighted by Gasteiger charge is 2.38. The van der Waals surface area contributed by atoms with Crippen LogP contribution in [-0.4, -0.2) is 12.2 Å². The smallest absolute Gasteiger partial charge is 0.409 e. The van der Waals surface area contributed by atoms with Gasteiger partial charge >= 0.3 is 6.09 Å². The zero-order chi connectivity index (χ0) is 16.6. The lowest BCUT2D eigenvalue weighted by Crippen LogP contribution is -2.43. The molecule has 1 amide bonds. The van der Waals surface area contributed by atoms with Crippen LogP contribution in [0.4, 0.5) is 10.5 Å². The van der Waals surface area contributed by atoms with Crippen LogP contribution in [-0.2, 0) is 4.74 Å². The average Bonchev–Trinajstić information content (AvgIpc) is 2.49. The van der Waals surface area contributed by atoms with Crippen LogP contribution in [0.1, 0.15) is 25.6 Å². The van der Waals surface area contributed by atoms with Gasteiger partial charge in [0.15, 0.2) is 6.23 Å². The molecule has 0 saturated carbocycles. The molecule has 0 fully saturated rings. The van der Waals surface area contributed by atoms with Gasteiger partial charge in [-0.1, -0.05) is 47.5 Å². The van der Waals surface area contributed by atoms with Gasteiger partial charge in [-0.05, 0) is 32.0 Å². The fraction of sp³-hybridized carbons (Fsp3) is 0.235. The summed E-state index contributed by atoms with van der Waals surface area (Å²) in [5, 5.41) is 0.706. The summed E-state index contributed by atoms with van der Waals surface area (Å²) >= 11 is 12.5. The number of benzene rings is 2. The number of para-hydroxylation sites is 2. The van der Waals surface area contributed by atoms with Crippen molar-refractivity contribution >= 4 is 35.0 Å². The normalized spacial score (nSPS) is 17.2. The van der Waals surface area contributed by atoms with E-state index in [1.165, 1.54) is 4.90 Å². The van der Waals surface area contributed by atoms with Gasteiger partial charge in [-0.3, -0.25) is 0 Å². The zero-order valence-electron chi connectivity index (χ0n) is 12.6. The van der Waals surface area contributed by atoms with E-state index in [0.717, 1.165) is 5.56 Å². The Hall–Kier alpha value is -1.75. The topological polar surface area (TPSA) is 38.8 Å². The molecule has 0 N–H and O–H groups in total. The van der Waals surface area contributed by atoms with Crippen molar-refractivity contribution in [3.05, 3.63) is 58.1 Å². The molecule has 0 radical (unpaired) electrons. The predicted molar refractivity (Wildman–Crippen MR) is 90.4 cm³/mol. The molecular weight excluding hydrogens is 337 g/mol. The van der Waals surface area contributed by atoms with Crippen LogP contribution in [0.5, 0.6) is 5.75 Å². The van der Waals surface area contributed by atoms with E-state index in [4.69, 9.17) is 32.7 Å². The number of hydrogen-bond donors (Lipinski definition) is 0. The third-order valence-corrected chi connectivity index (χ3v) is 4.00.